The number of hydrogen-bond donors (Lipinski definition) is 3. The highest BCUT2D eigenvalue weighted by atomic mass is 35.5. The molecule has 2 aromatic carbocycles. The maximum absolute atomic E-state index is 13.1. The minimum absolute atomic E-state index is 0.190. The second-order valence-corrected chi connectivity index (χ2v) is 5.68. The number of nitrogens with zero attached hydrogens (tertiary/aromatic N) is 1. The lowest BCUT2D eigenvalue weighted by Crippen LogP contribution is -2.37. The highest BCUT2D eigenvalue weighted by Crippen LogP contribution is 2.39. The molecular weight excluding hydrogens is 375 g/mol. The fourth-order valence-electron chi connectivity index (χ4n) is 2.04. The van der Waals surface area contributed by atoms with Gasteiger partial charge < -0.3 is 15.2 Å². The number of halogens is 4. The summed E-state index contributed by atoms with van der Waals surface area (Å²) in [5.74, 6) is 4.30. The van der Waals surface area contributed by atoms with E-state index in [0.717, 1.165) is 17.1 Å². The Labute approximate surface area is 151 Å². The van der Waals surface area contributed by atoms with E-state index in [1.165, 1.54) is 19.2 Å². The molecule has 0 bridgehead atoms. The Kier molecular flexibility index (Phi) is 5.83. The van der Waals surface area contributed by atoms with Crippen LogP contribution in [0.4, 0.5) is 23.7 Å². The van der Waals surface area contributed by atoms with E-state index in [-0.39, 0.29) is 22.9 Å². The number of urea groups is 1. The van der Waals surface area contributed by atoms with E-state index < -0.39 is 29.3 Å². The molecule has 0 saturated heterocycles. The molecule has 0 saturated carbocycles. The normalized spacial score (nSPS) is 11.2. The van der Waals surface area contributed by atoms with Gasteiger partial charge in [0.2, 0.25) is 0 Å². The molecule has 0 atom stereocenters. The van der Waals surface area contributed by atoms with Crippen LogP contribution >= 0.6 is 11.6 Å². The summed E-state index contributed by atoms with van der Waals surface area (Å²) in [4.78, 5) is 11.7. The maximum Gasteiger partial charge on any atom is 0.420 e. The summed E-state index contributed by atoms with van der Waals surface area (Å²) in [6.07, 6.45) is -4.71. The van der Waals surface area contributed by atoms with Crippen LogP contribution in [-0.4, -0.2) is 23.2 Å². The first-order chi connectivity index (χ1) is 12.1. The van der Waals surface area contributed by atoms with Gasteiger partial charge in [-0.3, -0.25) is 5.01 Å². The average Bonchev–Trinajstić information content (AvgIpc) is 2.54. The summed E-state index contributed by atoms with van der Waals surface area (Å²) >= 11 is 6.08. The van der Waals surface area contributed by atoms with E-state index in [1.54, 1.807) is 6.07 Å². The first-order valence-electron chi connectivity index (χ1n) is 7.19. The fraction of sp³-hybridized carbons (Fsp3) is 0.188. The molecule has 0 spiro atoms. The van der Waals surface area contributed by atoms with Crippen molar-refractivity contribution < 1.29 is 27.8 Å². The number of hydrazine groups is 1. The molecule has 26 heavy (non-hydrogen) atoms. The smallest absolute Gasteiger partial charge is 0.420 e. The molecule has 0 unspecified atom stereocenters. The maximum atomic E-state index is 13.1. The predicted octanol–water partition coefficient (Wildman–Crippen LogP) is 3.98. The Bertz CT molecular complexity index is 813. The van der Waals surface area contributed by atoms with Gasteiger partial charge in [0.15, 0.2) is 0 Å². The largest absolute Gasteiger partial charge is 0.508 e. The van der Waals surface area contributed by atoms with Gasteiger partial charge in [-0.25, -0.2) is 10.6 Å². The van der Waals surface area contributed by atoms with Crippen LogP contribution in [0.5, 0.6) is 11.5 Å². The van der Waals surface area contributed by atoms with Gasteiger partial charge in [0.25, 0.3) is 0 Å². The van der Waals surface area contributed by atoms with Crippen molar-refractivity contribution in [2.75, 3.05) is 12.4 Å². The number of anilines is 1. The monoisotopic (exact) mass is 389 g/mol. The summed E-state index contributed by atoms with van der Waals surface area (Å²) < 4.78 is 44.5. The topological polar surface area (TPSA) is 87.8 Å². The molecule has 0 heterocycles. The van der Waals surface area contributed by atoms with Crippen LogP contribution in [0.25, 0.3) is 0 Å². The van der Waals surface area contributed by atoms with E-state index >= 15 is 0 Å². The highest BCUT2D eigenvalue weighted by molar-refractivity contribution is 6.31. The van der Waals surface area contributed by atoms with Crippen molar-refractivity contribution in [1.82, 2.24) is 5.01 Å². The van der Waals surface area contributed by atoms with Crippen molar-refractivity contribution in [3.8, 4) is 11.5 Å². The number of rotatable bonds is 4. The van der Waals surface area contributed by atoms with Crippen molar-refractivity contribution in [2.24, 2.45) is 5.84 Å². The number of nitrogens with two attached hydrogens (primary N) is 1. The third-order valence-corrected chi connectivity index (χ3v) is 3.68. The zero-order chi connectivity index (χ0) is 19.5. The Morgan fingerprint density at radius 3 is 2.65 bits per heavy atom. The molecule has 0 radical (unpaired) electrons. The van der Waals surface area contributed by atoms with Gasteiger partial charge in [0, 0.05) is 17.6 Å². The average molecular weight is 390 g/mol. The van der Waals surface area contributed by atoms with Crippen LogP contribution < -0.4 is 15.9 Å². The molecule has 2 amide bonds. The summed E-state index contributed by atoms with van der Waals surface area (Å²) in [6, 6.07) is 6.56. The van der Waals surface area contributed by atoms with E-state index in [2.05, 4.69) is 5.32 Å². The van der Waals surface area contributed by atoms with Gasteiger partial charge in [-0.15, -0.1) is 0 Å². The Morgan fingerprint density at radius 2 is 2.04 bits per heavy atom. The van der Waals surface area contributed by atoms with Gasteiger partial charge in [0.1, 0.15) is 23.7 Å². The molecular formula is C16H15ClF3N3O3. The first kappa shape index (κ1) is 19.7. The van der Waals surface area contributed by atoms with E-state index in [1.807, 2.05) is 0 Å². The van der Waals surface area contributed by atoms with Crippen LogP contribution in [0.15, 0.2) is 36.4 Å². The lowest BCUT2D eigenvalue weighted by atomic mass is 10.1. The number of phenols is 1. The number of alkyl halides is 3. The van der Waals surface area contributed by atoms with Gasteiger partial charge in [-0.05, 0) is 30.3 Å². The summed E-state index contributed by atoms with van der Waals surface area (Å²) in [7, 11) is 1.32. The molecule has 140 valence electrons. The van der Waals surface area contributed by atoms with Crippen LogP contribution in [0.3, 0.4) is 0 Å². The first-order valence-corrected chi connectivity index (χ1v) is 7.57. The third kappa shape index (κ3) is 4.70. The number of amides is 2. The van der Waals surface area contributed by atoms with Crippen molar-refractivity contribution in [1.29, 1.82) is 0 Å². The highest BCUT2D eigenvalue weighted by Gasteiger charge is 2.35. The minimum atomic E-state index is -4.71. The second-order valence-electron chi connectivity index (χ2n) is 5.27. The molecule has 0 aliphatic rings. The number of aromatic hydroxyl groups is 1. The molecule has 2 rings (SSSR count). The van der Waals surface area contributed by atoms with Crippen molar-refractivity contribution >= 4 is 23.3 Å². The number of hydrogen-bond acceptors (Lipinski definition) is 4. The van der Waals surface area contributed by atoms with Crippen molar-refractivity contribution in [3.05, 3.63) is 52.5 Å². The number of phenolic OH excluding ortho intramolecular Hbond substituents is 1. The molecule has 6 nitrogen and oxygen atoms in total. The Balaban J connectivity index is 2.29. The molecule has 2 aromatic rings. The second kappa shape index (κ2) is 7.71. The van der Waals surface area contributed by atoms with Crippen LogP contribution in [0.1, 0.15) is 11.1 Å². The number of nitrogens with one attached hydrogen (secondary N) is 1. The Morgan fingerprint density at radius 1 is 1.35 bits per heavy atom. The van der Waals surface area contributed by atoms with Crippen molar-refractivity contribution in [3.63, 3.8) is 0 Å². The summed E-state index contributed by atoms with van der Waals surface area (Å²) in [5.41, 5.74) is -0.616. The number of carbonyl (C=O) groups excluding carboxylic acids is 1. The molecule has 0 aliphatic heterocycles. The Hall–Kier alpha value is -2.65. The SMILES string of the molecule is CN(N)C(=O)Nc1cccc(Cl)c1COc1ccc(O)cc1C(F)(F)F. The van der Waals surface area contributed by atoms with Gasteiger partial charge >= 0.3 is 12.2 Å². The van der Waals surface area contributed by atoms with Gasteiger partial charge in [-0.2, -0.15) is 13.2 Å². The van der Waals surface area contributed by atoms with E-state index in [0.29, 0.717) is 6.07 Å². The predicted molar refractivity (Wildman–Crippen MR) is 89.9 cm³/mol. The van der Waals surface area contributed by atoms with Crippen LogP contribution in [0, 0.1) is 0 Å². The zero-order valence-electron chi connectivity index (χ0n) is 13.5. The lowest BCUT2D eigenvalue weighted by Gasteiger charge is -2.18. The lowest BCUT2D eigenvalue weighted by molar-refractivity contribution is -0.139. The quantitative estimate of drug-likeness (QED) is 0.419. The minimum Gasteiger partial charge on any atom is -0.508 e. The van der Waals surface area contributed by atoms with E-state index in [4.69, 9.17) is 22.2 Å². The van der Waals surface area contributed by atoms with Gasteiger partial charge in [-0.1, -0.05) is 17.7 Å². The summed E-state index contributed by atoms with van der Waals surface area (Å²) in [5, 5.41) is 12.7. The standard InChI is InChI=1S/C16H15ClF3N3O3/c1-23(21)15(25)22-13-4-2-3-12(17)10(13)8-26-14-6-5-9(24)7-11(14)16(18,19)20/h2-7,24H,8,21H2,1H3,(H,22,25). The summed E-state index contributed by atoms with van der Waals surface area (Å²) in [6.45, 7) is -0.350. The van der Waals surface area contributed by atoms with Crippen molar-refractivity contribution in [2.45, 2.75) is 12.8 Å². The molecule has 10 heteroatoms. The molecule has 4 N–H and O–H groups in total. The van der Waals surface area contributed by atoms with Crippen LogP contribution in [-0.2, 0) is 12.8 Å². The molecule has 0 aliphatic carbocycles. The molecule has 0 aromatic heterocycles. The number of ether oxygens (including phenoxy) is 1. The molecule has 0 fully saturated rings. The van der Waals surface area contributed by atoms with Crippen LogP contribution in [0.2, 0.25) is 5.02 Å². The van der Waals surface area contributed by atoms with Gasteiger partial charge in [0.05, 0.1) is 5.69 Å². The number of carbonyl (C=O) groups is 1. The third-order valence-electron chi connectivity index (χ3n) is 3.32. The fourth-order valence-corrected chi connectivity index (χ4v) is 2.27. The van der Waals surface area contributed by atoms with E-state index in [9.17, 15) is 23.1 Å². The number of benzene rings is 2. The zero-order valence-corrected chi connectivity index (χ0v) is 14.2.